The summed E-state index contributed by atoms with van der Waals surface area (Å²) in [7, 11) is 0. The molecule has 0 saturated carbocycles. The van der Waals surface area contributed by atoms with E-state index in [1.54, 1.807) is 0 Å². The van der Waals surface area contributed by atoms with E-state index in [0.29, 0.717) is 12.8 Å². The Bertz CT molecular complexity index is 660. The van der Waals surface area contributed by atoms with E-state index in [2.05, 4.69) is 0 Å². The lowest BCUT2D eigenvalue weighted by molar-refractivity contribution is -0.308. The van der Waals surface area contributed by atoms with Crippen molar-refractivity contribution in [1.29, 1.82) is 0 Å². The predicted molar refractivity (Wildman–Crippen MR) is 99.4 cm³/mol. The fourth-order valence-corrected chi connectivity index (χ4v) is 2.90. The van der Waals surface area contributed by atoms with Gasteiger partial charge in [-0.2, -0.15) is 0 Å². The van der Waals surface area contributed by atoms with Crippen LogP contribution in [-0.4, -0.2) is 78.9 Å². The lowest BCUT2D eigenvalue weighted by atomic mass is 9.98. The summed E-state index contributed by atoms with van der Waals surface area (Å²) in [6.45, 7) is 4.23. The summed E-state index contributed by atoms with van der Waals surface area (Å²) in [5.41, 5.74) is 0. The van der Waals surface area contributed by atoms with Crippen molar-refractivity contribution >= 4 is 29.8 Å². The van der Waals surface area contributed by atoms with Crippen LogP contribution in [0.1, 0.15) is 47.0 Å². The molecule has 1 N–H and O–H groups in total. The molecular weight excluding hydrogens is 420 g/mol. The molecule has 1 aliphatic heterocycles. The zero-order valence-corrected chi connectivity index (χ0v) is 17.9. The van der Waals surface area contributed by atoms with Gasteiger partial charge in [0.25, 0.3) is 0 Å². The Balaban J connectivity index is 3.11. The molecule has 1 unspecified atom stereocenters. The van der Waals surface area contributed by atoms with Gasteiger partial charge in [0.2, 0.25) is 0 Å². The summed E-state index contributed by atoms with van der Waals surface area (Å²) in [5, 5.41) is 8.71. The third-order valence-electron chi connectivity index (χ3n) is 4.02. The third kappa shape index (κ3) is 9.75. The quantitative estimate of drug-likeness (QED) is 0.262. The normalized spacial score (nSPS) is 25.2. The summed E-state index contributed by atoms with van der Waals surface area (Å²) in [6, 6.07) is 0. The fraction of sp³-hybridized carbons (Fsp3) is 0.737. The molecule has 1 aliphatic rings. The van der Waals surface area contributed by atoms with Crippen LogP contribution in [0.4, 0.5) is 0 Å². The molecule has 0 spiro atoms. The zero-order chi connectivity index (χ0) is 23.6. The Morgan fingerprint density at radius 1 is 0.774 bits per heavy atom. The van der Waals surface area contributed by atoms with Gasteiger partial charge >= 0.3 is 29.8 Å². The number of rotatable bonds is 11. The summed E-state index contributed by atoms with van der Waals surface area (Å²) in [5.74, 6) is -3.78. The van der Waals surface area contributed by atoms with E-state index >= 15 is 0 Å². The highest BCUT2D eigenvalue weighted by atomic mass is 16.7. The Kier molecular flexibility index (Phi) is 10.9. The van der Waals surface area contributed by atoms with Gasteiger partial charge in [-0.25, -0.2) is 0 Å². The standard InChI is InChI=1S/C19H28O12/c1-10(20)27-9-14-16(28-11(2)21)17(29-12(3)22)18(30-13(4)23)19(31-14)26-8-6-5-7-15(24)25/h14,16-19H,5-9H2,1-4H3,(H,24,25)/t14-,16-,17+,18-,19?/m1/s1. The number of hydrogen-bond acceptors (Lipinski definition) is 11. The monoisotopic (exact) mass is 448 g/mol. The SMILES string of the molecule is CC(=O)OC[C@H]1OC(OCCCCC(=O)O)[C@H](OC(C)=O)[C@@H](OC(C)=O)[C@@H]1OC(C)=O. The highest BCUT2D eigenvalue weighted by Gasteiger charge is 2.52. The Labute approximate surface area is 179 Å². The number of carbonyl (C=O) groups excluding carboxylic acids is 4. The van der Waals surface area contributed by atoms with Crippen LogP contribution in [0, 0.1) is 0 Å². The van der Waals surface area contributed by atoms with Crippen LogP contribution < -0.4 is 0 Å². The summed E-state index contributed by atoms with van der Waals surface area (Å²) >= 11 is 0. The minimum atomic E-state index is -1.30. The van der Waals surface area contributed by atoms with Crippen LogP contribution in [0.2, 0.25) is 0 Å². The molecule has 0 aromatic heterocycles. The van der Waals surface area contributed by atoms with Crippen LogP contribution in [0.25, 0.3) is 0 Å². The number of carbonyl (C=O) groups is 5. The first-order valence-electron chi connectivity index (χ1n) is 9.65. The van der Waals surface area contributed by atoms with Gasteiger partial charge in [-0.1, -0.05) is 0 Å². The molecule has 0 amide bonds. The Morgan fingerprint density at radius 2 is 1.32 bits per heavy atom. The van der Waals surface area contributed by atoms with Gasteiger partial charge in [-0.05, 0) is 12.8 Å². The maximum atomic E-state index is 11.7. The van der Waals surface area contributed by atoms with Crippen molar-refractivity contribution in [3.8, 4) is 0 Å². The van der Waals surface area contributed by atoms with E-state index < -0.39 is 60.6 Å². The zero-order valence-electron chi connectivity index (χ0n) is 17.9. The van der Waals surface area contributed by atoms with E-state index in [0.717, 1.165) is 20.8 Å². The molecule has 12 nitrogen and oxygen atoms in total. The number of esters is 4. The van der Waals surface area contributed by atoms with Gasteiger partial charge in [0, 0.05) is 40.7 Å². The van der Waals surface area contributed by atoms with Crippen molar-refractivity contribution in [2.45, 2.75) is 77.7 Å². The van der Waals surface area contributed by atoms with E-state index in [9.17, 15) is 24.0 Å². The van der Waals surface area contributed by atoms with Crippen LogP contribution in [0.15, 0.2) is 0 Å². The van der Waals surface area contributed by atoms with Crippen molar-refractivity contribution in [1.82, 2.24) is 0 Å². The number of unbranched alkanes of at least 4 members (excludes halogenated alkanes) is 1. The first-order chi connectivity index (χ1) is 14.5. The van der Waals surface area contributed by atoms with E-state index in [-0.39, 0.29) is 19.6 Å². The molecule has 176 valence electrons. The molecule has 31 heavy (non-hydrogen) atoms. The van der Waals surface area contributed by atoms with E-state index in [4.69, 9.17) is 33.5 Å². The van der Waals surface area contributed by atoms with Crippen molar-refractivity contribution in [3.63, 3.8) is 0 Å². The van der Waals surface area contributed by atoms with E-state index in [1.165, 1.54) is 6.92 Å². The first kappa shape index (κ1) is 26.3. The summed E-state index contributed by atoms with van der Waals surface area (Å²) < 4.78 is 32.1. The molecule has 12 heteroatoms. The molecule has 0 aromatic rings. The molecule has 0 aromatic carbocycles. The van der Waals surface area contributed by atoms with Crippen LogP contribution in [-0.2, 0) is 52.4 Å². The summed E-state index contributed by atoms with van der Waals surface area (Å²) in [4.78, 5) is 56.8. The Morgan fingerprint density at radius 3 is 1.84 bits per heavy atom. The average molecular weight is 448 g/mol. The molecule has 1 saturated heterocycles. The maximum Gasteiger partial charge on any atom is 0.303 e. The second-order valence-corrected chi connectivity index (χ2v) is 6.79. The van der Waals surface area contributed by atoms with Crippen LogP contribution >= 0.6 is 0 Å². The lowest BCUT2D eigenvalue weighted by Gasteiger charge is -2.44. The number of aliphatic carboxylic acids is 1. The highest BCUT2D eigenvalue weighted by molar-refractivity contribution is 5.68. The lowest BCUT2D eigenvalue weighted by Crippen LogP contribution is -2.63. The molecule has 1 heterocycles. The van der Waals surface area contributed by atoms with Crippen molar-refractivity contribution in [2.24, 2.45) is 0 Å². The second-order valence-electron chi connectivity index (χ2n) is 6.79. The molecule has 1 fully saturated rings. The third-order valence-corrected chi connectivity index (χ3v) is 4.02. The molecule has 0 bridgehead atoms. The molecule has 0 aliphatic carbocycles. The smallest absolute Gasteiger partial charge is 0.303 e. The first-order valence-corrected chi connectivity index (χ1v) is 9.65. The van der Waals surface area contributed by atoms with Gasteiger partial charge in [0.15, 0.2) is 24.6 Å². The topological polar surface area (TPSA) is 161 Å². The molecule has 5 atom stereocenters. The van der Waals surface area contributed by atoms with Gasteiger partial charge < -0.3 is 33.5 Å². The minimum Gasteiger partial charge on any atom is -0.481 e. The fourth-order valence-electron chi connectivity index (χ4n) is 2.90. The van der Waals surface area contributed by atoms with Crippen LogP contribution in [0.5, 0.6) is 0 Å². The molecular formula is C19H28O12. The average Bonchev–Trinajstić information content (AvgIpc) is 2.62. The largest absolute Gasteiger partial charge is 0.481 e. The maximum absolute atomic E-state index is 11.7. The minimum absolute atomic E-state index is 0.0427. The summed E-state index contributed by atoms with van der Waals surface area (Å²) in [6.07, 6.45) is -5.56. The number of carboxylic acids is 1. The molecule has 0 radical (unpaired) electrons. The van der Waals surface area contributed by atoms with Crippen LogP contribution in [0.3, 0.4) is 0 Å². The number of carboxylic acid groups (broad SMARTS) is 1. The molecule has 1 rings (SSSR count). The number of hydrogen-bond donors (Lipinski definition) is 1. The van der Waals surface area contributed by atoms with Gasteiger partial charge in [-0.15, -0.1) is 0 Å². The second kappa shape index (κ2) is 12.8. The van der Waals surface area contributed by atoms with E-state index in [1.807, 2.05) is 0 Å². The van der Waals surface area contributed by atoms with Gasteiger partial charge in [0.1, 0.15) is 12.7 Å². The predicted octanol–water partition coefficient (Wildman–Crippen LogP) is 0.341. The van der Waals surface area contributed by atoms with Gasteiger partial charge in [0.05, 0.1) is 0 Å². The van der Waals surface area contributed by atoms with Gasteiger partial charge in [-0.3, -0.25) is 24.0 Å². The highest BCUT2D eigenvalue weighted by Crippen LogP contribution is 2.30. The van der Waals surface area contributed by atoms with Crippen molar-refractivity contribution < 1.29 is 57.5 Å². The Hall–Kier alpha value is -2.73. The van der Waals surface area contributed by atoms with Crippen molar-refractivity contribution in [2.75, 3.05) is 13.2 Å². The van der Waals surface area contributed by atoms with Crippen molar-refractivity contribution in [3.05, 3.63) is 0 Å². The number of ether oxygens (including phenoxy) is 6.